The molecule has 0 bridgehead atoms. The lowest BCUT2D eigenvalue weighted by Gasteiger charge is -2.13. The van der Waals surface area contributed by atoms with Gasteiger partial charge in [0.2, 0.25) is 0 Å². The number of nitrogens with one attached hydrogen (secondary N) is 2. The van der Waals surface area contributed by atoms with Crippen molar-refractivity contribution in [3.63, 3.8) is 0 Å². The van der Waals surface area contributed by atoms with Gasteiger partial charge in [0.1, 0.15) is 6.04 Å². The van der Waals surface area contributed by atoms with Gasteiger partial charge in [0.15, 0.2) is 0 Å². The van der Waals surface area contributed by atoms with Crippen molar-refractivity contribution in [2.24, 2.45) is 0 Å². The second-order valence-corrected chi connectivity index (χ2v) is 5.20. The maximum atomic E-state index is 11.4. The molecule has 0 spiro atoms. The van der Waals surface area contributed by atoms with E-state index in [2.05, 4.69) is 16.9 Å². The fraction of sp³-hybridized carbons (Fsp3) is 0.833. The van der Waals surface area contributed by atoms with Crippen molar-refractivity contribution >= 4 is 23.8 Å². The van der Waals surface area contributed by atoms with Crippen LogP contribution in [0.25, 0.3) is 0 Å². The molecule has 0 radical (unpaired) electrons. The minimum absolute atomic E-state index is 0.0113. The predicted octanol–water partition coefficient (Wildman–Crippen LogP) is 1.04. The van der Waals surface area contributed by atoms with Crippen molar-refractivity contribution in [3.8, 4) is 0 Å². The molecular formula is C12H24N2O4S. The van der Waals surface area contributed by atoms with Crippen LogP contribution in [0.5, 0.6) is 0 Å². The maximum Gasteiger partial charge on any atom is 0.326 e. The summed E-state index contributed by atoms with van der Waals surface area (Å²) in [6.45, 7) is 0.267. The van der Waals surface area contributed by atoms with Gasteiger partial charge in [0.25, 0.3) is 0 Å². The van der Waals surface area contributed by atoms with Gasteiger partial charge in [0.05, 0.1) is 0 Å². The Hall–Kier alpha value is -0.950. The van der Waals surface area contributed by atoms with Crippen LogP contribution in [0.3, 0.4) is 0 Å². The van der Waals surface area contributed by atoms with E-state index in [4.69, 9.17) is 10.2 Å². The Morgan fingerprint density at radius 2 is 1.89 bits per heavy atom. The second kappa shape index (κ2) is 12.1. The first-order chi connectivity index (χ1) is 9.11. The molecule has 0 aliphatic carbocycles. The number of unbranched alkanes of at least 4 members (excludes halogenated alkanes) is 3. The van der Waals surface area contributed by atoms with E-state index in [0.717, 1.165) is 25.0 Å². The second-order valence-electron chi connectivity index (χ2n) is 4.21. The molecule has 0 aliphatic rings. The normalized spacial score (nSPS) is 11.9. The van der Waals surface area contributed by atoms with Gasteiger partial charge in [-0.25, -0.2) is 9.59 Å². The third-order valence-corrected chi connectivity index (χ3v) is 3.28. The fourth-order valence-corrected chi connectivity index (χ4v) is 2.02. The molecule has 0 saturated carbocycles. The maximum absolute atomic E-state index is 11.4. The number of thioether (sulfide) groups is 1. The van der Waals surface area contributed by atoms with Gasteiger partial charge in [-0.2, -0.15) is 11.8 Å². The van der Waals surface area contributed by atoms with E-state index in [1.54, 1.807) is 0 Å². The van der Waals surface area contributed by atoms with Crippen LogP contribution in [0, 0.1) is 0 Å². The van der Waals surface area contributed by atoms with Gasteiger partial charge >= 0.3 is 12.0 Å². The first-order valence-corrected chi connectivity index (χ1v) is 7.88. The summed E-state index contributed by atoms with van der Waals surface area (Å²) in [5.74, 6) is 0.0244. The Morgan fingerprint density at radius 1 is 1.21 bits per heavy atom. The lowest BCUT2D eigenvalue weighted by Crippen LogP contribution is -2.46. The summed E-state index contributed by atoms with van der Waals surface area (Å²) in [7, 11) is 0. The Bertz CT molecular complexity index is 264. The third kappa shape index (κ3) is 10.6. The largest absolute Gasteiger partial charge is 0.480 e. The molecule has 7 heteroatoms. The smallest absolute Gasteiger partial charge is 0.326 e. The van der Waals surface area contributed by atoms with E-state index in [9.17, 15) is 9.59 Å². The first kappa shape index (κ1) is 18.0. The molecule has 4 N–H and O–H groups in total. The van der Waals surface area contributed by atoms with E-state index in [-0.39, 0.29) is 13.0 Å². The van der Waals surface area contributed by atoms with Gasteiger partial charge in [-0.15, -0.1) is 0 Å². The third-order valence-electron chi connectivity index (χ3n) is 2.58. The number of carboxylic acid groups (broad SMARTS) is 1. The average Bonchev–Trinajstić information content (AvgIpc) is 2.37. The summed E-state index contributed by atoms with van der Waals surface area (Å²) in [5, 5.41) is 22.4. The van der Waals surface area contributed by atoms with Gasteiger partial charge < -0.3 is 20.8 Å². The average molecular weight is 292 g/mol. The van der Waals surface area contributed by atoms with E-state index in [0.29, 0.717) is 6.54 Å². The van der Waals surface area contributed by atoms with Gasteiger partial charge in [-0.05, 0) is 24.9 Å². The summed E-state index contributed by atoms with van der Waals surface area (Å²) in [6, 6.07) is -1.53. The van der Waals surface area contributed by atoms with E-state index < -0.39 is 18.0 Å². The van der Waals surface area contributed by atoms with Gasteiger partial charge in [-0.3, -0.25) is 0 Å². The Morgan fingerprint density at radius 3 is 2.47 bits per heavy atom. The standard InChI is InChI=1S/C12H24N2O4S/c1-19-9-5-3-2-4-7-13-12(18)14-10(6-8-15)11(16)17/h10,15H,2-9H2,1H3,(H,16,17)(H2,13,14,18)/t10-/m1/s1. The summed E-state index contributed by atoms with van der Waals surface area (Å²) < 4.78 is 0. The van der Waals surface area contributed by atoms with E-state index in [1.165, 1.54) is 6.42 Å². The molecule has 0 unspecified atom stereocenters. The molecule has 0 rings (SSSR count). The van der Waals surface area contributed by atoms with E-state index >= 15 is 0 Å². The van der Waals surface area contributed by atoms with Gasteiger partial charge in [0, 0.05) is 19.6 Å². The van der Waals surface area contributed by atoms with Crippen molar-refractivity contribution in [2.45, 2.75) is 38.1 Å². The summed E-state index contributed by atoms with van der Waals surface area (Å²) in [6.07, 6.45) is 6.37. The van der Waals surface area contributed by atoms with Crippen LogP contribution < -0.4 is 10.6 Å². The highest BCUT2D eigenvalue weighted by molar-refractivity contribution is 7.98. The lowest BCUT2D eigenvalue weighted by molar-refractivity contribution is -0.139. The SMILES string of the molecule is CSCCCCCCNC(=O)N[C@H](CCO)C(=O)O. The topological polar surface area (TPSA) is 98.7 Å². The van der Waals surface area contributed by atoms with Crippen molar-refractivity contribution < 1.29 is 19.8 Å². The summed E-state index contributed by atoms with van der Waals surface area (Å²) in [4.78, 5) is 22.1. The molecule has 1 atom stereocenters. The zero-order valence-electron chi connectivity index (χ0n) is 11.4. The van der Waals surface area contributed by atoms with Gasteiger partial charge in [-0.1, -0.05) is 12.8 Å². The molecule has 0 aliphatic heterocycles. The molecular weight excluding hydrogens is 268 g/mol. The van der Waals surface area contributed by atoms with Crippen LogP contribution in [0.2, 0.25) is 0 Å². The van der Waals surface area contributed by atoms with Crippen LogP contribution in [-0.2, 0) is 4.79 Å². The molecule has 2 amide bonds. The number of amides is 2. The number of hydrogen-bond donors (Lipinski definition) is 4. The summed E-state index contributed by atoms with van der Waals surface area (Å²) >= 11 is 1.83. The van der Waals surface area contributed by atoms with Crippen molar-refractivity contribution in [3.05, 3.63) is 0 Å². The highest BCUT2D eigenvalue weighted by Crippen LogP contribution is 2.03. The van der Waals surface area contributed by atoms with E-state index in [1.807, 2.05) is 11.8 Å². The fourth-order valence-electron chi connectivity index (χ4n) is 1.52. The van der Waals surface area contributed by atoms with Crippen LogP contribution in [0.1, 0.15) is 32.1 Å². The predicted molar refractivity (Wildman–Crippen MR) is 76.5 cm³/mol. The monoisotopic (exact) mass is 292 g/mol. The Labute approximate surface area is 118 Å². The molecule has 0 heterocycles. The number of rotatable bonds is 11. The molecule has 19 heavy (non-hydrogen) atoms. The first-order valence-electron chi connectivity index (χ1n) is 6.48. The van der Waals surface area contributed by atoms with Crippen molar-refractivity contribution in [1.29, 1.82) is 0 Å². The number of aliphatic carboxylic acids is 1. The van der Waals surface area contributed by atoms with Crippen LogP contribution >= 0.6 is 11.8 Å². The Kier molecular flexibility index (Phi) is 11.5. The molecule has 0 saturated heterocycles. The number of carbonyl (C=O) groups is 2. The molecule has 112 valence electrons. The molecule has 0 aromatic heterocycles. The number of urea groups is 1. The molecule has 0 aromatic carbocycles. The minimum atomic E-state index is -1.14. The van der Waals surface area contributed by atoms with Crippen molar-refractivity contribution in [2.75, 3.05) is 25.2 Å². The quantitative estimate of drug-likeness (QED) is 0.427. The zero-order chi connectivity index (χ0) is 14.5. The van der Waals surface area contributed by atoms with Crippen molar-refractivity contribution in [1.82, 2.24) is 10.6 Å². The number of aliphatic hydroxyl groups is 1. The molecule has 0 aromatic rings. The highest BCUT2D eigenvalue weighted by Gasteiger charge is 2.18. The molecule has 6 nitrogen and oxygen atoms in total. The minimum Gasteiger partial charge on any atom is -0.480 e. The number of aliphatic hydroxyl groups excluding tert-OH is 1. The Balaban J connectivity index is 3.60. The number of carboxylic acids is 1. The number of hydrogen-bond acceptors (Lipinski definition) is 4. The summed E-state index contributed by atoms with van der Waals surface area (Å²) in [5.41, 5.74) is 0. The zero-order valence-corrected chi connectivity index (χ0v) is 12.2. The van der Waals surface area contributed by atoms with Crippen LogP contribution in [0.4, 0.5) is 4.79 Å². The van der Waals surface area contributed by atoms with Crippen LogP contribution in [0.15, 0.2) is 0 Å². The van der Waals surface area contributed by atoms with Crippen LogP contribution in [-0.4, -0.2) is 53.4 Å². The highest BCUT2D eigenvalue weighted by atomic mass is 32.2. The molecule has 0 fully saturated rings. The lowest BCUT2D eigenvalue weighted by atomic mass is 10.2. The number of carbonyl (C=O) groups excluding carboxylic acids is 1.